The summed E-state index contributed by atoms with van der Waals surface area (Å²) in [5, 5.41) is 3.20. The van der Waals surface area contributed by atoms with Gasteiger partial charge >= 0.3 is 0 Å². The first kappa shape index (κ1) is 19.9. The molecular weight excluding hydrogens is 340 g/mol. The van der Waals surface area contributed by atoms with E-state index in [2.05, 4.69) is 110 Å². The number of hydrogen-bond acceptors (Lipinski definition) is 0. The van der Waals surface area contributed by atoms with Crippen molar-refractivity contribution in [2.75, 3.05) is 0 Å². The number of benzene rings is 2. The lowest BCUT2D eigenvalue weighted by Gasteiger charge is -2.49. The molecule has 0 saturated carbocycles. The minimum Gasteiger partial charge on any atom is -0.0733 e. The normalized spacial score (nSPS) is 22.2. The van der Waals surface area contributed by atoms with E-state index in [1.807, 2.05) is 0 Å². The molecule has 0 aliphatic heterocycles. The van der Waals surface area contributed by atoms with Crippen molar-refractivity contribution < 1.29 is 0 Å². The lowest BCUT2D eigenvalue weighted by molar-refractivity contribution is 0.820. The Morgan fingerprint density at radius 1 is 0.778 bits per heavy atom. The van der Waals surface area contributed by atoms with Gasteiger partial charge in [0, 0.05) is 5.04 Å². The van der Waals surface area contributed by atoms with Crippen molar-refractivity contribution in [3.05, 3.63) is 82.5 Å². The summed E-state index contributed by atoms with van der Waals surface area (Å²) in [6.07, 6.45) is 2.59. The molecule has 142 valence electrons. The van der Waals surface area contributed by atoms with Crippen LogP contribution in [0.25, 0.3) is 0 Å². The Kier molecular flexibility index (Phi) is 5.11. The van der Waals surface area contributed by atoms with Gasteiger partial charge in [-0.2, -0.15) is 0 Å². The summed E-state index contributed by atoms with van der Waals surface area (Å²) in [5.74, 6) is 0. The Morgan fingerprint density at radius 3 is 1.78 bits per heavy atom. The van der Waals surface area contributed by atoms with E-state index in [-0.39, 0.29) is 5.04 Å². The molecule has 3 rings (SSSR count). The molecular formula is C26H34Si. The lowest BCUT2D eigenvalue weighted by atomic mass is 10.0. The first-order valence-corrected chi connectivity index (χ1v) is 12.2. The predicted molar refractivity (Wildman–Crippen MR) is 123 cm³/mol. The highest BCUT2D eigenvalue weighted by molar-refractivity contribution is 7.06. The van der Waals surface area contributed by atoms with E-state index < -0.39 is 8.07 Å². The molecule has 2 unspecified atom stereocenters. The van der Waals surface area contributed by atoms with Crippen LogP contribution in [0.1, 0.15) is 52.7 Å². The van der Waals surface area contributed by atoms with Crippen molar-refractivity contribution in [3.8, 4) is 0 Å². The monoisotopic (exact) mass is 374 g/mol. The highest BCUT2D eigenvalue weighted by atomic mass is 28.3. The van der Waals surface area contributed by atoms with Crippen molar-refractivity contribution in [2.45, 2.75) is 66.0 Å². The molecule has 0 heterocycles. The molecule has 0 fully saturated rings. The highest BCUT2D eigenvalue weighted by Crippen LogP contribution is 2.56. The number of aryl methyl sites for hydroxylation is 2. The molecule has 0 aromatic heterocycles. The van der Waals surface area contributed by atoms with Gasteiger partial charge in [0.25, 0.3) is 0 Å². The van der Waals surface area contributed by atoms with Crippen molar-refractivity contribution in [3.63, 3.8) is 0 Å². The quantitative estimate of drug-likeness (QED) is 0.548. The Morgan fingerprint density at radius 2 is 1.33 bits per heavy atom. The Balaban J connectivity index is 2.47. The highest BCUT2D eigenvalue weighted by Gasteiger charge is 2.56. The zero-order valence-corrected chi connectivity index (χ0v) is 19.3. The molecule has 27 heavy (non-hydrogen) atoms. The molecule has 1 heteroatoms. The molecule has 0 spiro atoms. The van der Waals surface area contributed by atoms with Crippen LogP contribution >= 0.6 is 0 Å². The van der Waals surface area contributed by atoms with Crippen LogP contribution in [0.5, 0.6) is 0 Å². The third kappa shape index (κ3) is 2.88. The maximum absolute atomic E-state index is 2.59. The summed E-state index contributed by atoms with van der Waals surface area (Å²) in [4.78, 5) is 0. The Labute approximate surface area is 167 Å². The summed E-state index contributed by atoms with van der Waals surface area (Å²) < 4.78 is 0. The molecule has 0 N–H and O–H groups in total. The second-order valence-electron chi connectivity index (χ2n) is 8.98. The average molecular weight is 375 g/mol. The molecule has 0 bridgehead atoms. The van der Waals surface area contributed by atoms with Crippen LogP contribution in [0.2, 0.25) is 10.6 Å². The van der Waals surface area contributed by atoms with Gasteiger partial charge in [0.15, 0.2) is 0 Å². The summed E-state index contributed by atoms with van der Waals surface area (Å²) >= 11 is 0. The van der Waals surface area contributed by atoms with E-state index in [0.29, 0.717) is 5.54 Å². The Hall–Kier alpha value is -1.86. The topological polar surface area (TPSA) is 0 Å². The fourth-order valence-corrected chi connectivity index (χ4v) is 12.6. The van der Waals surface area contributed by atoms with Crippen LogP contribution in [0.4, 0.5) is 0 Å². The first-order valence-electron chi connectivity index (χ1n) is 10.2. The van der Waals surface area contributed by atoms with E-state index >= 15 is 0 Å². The maximum atomic E-state index is 2.59. The minimum atomic E-state index is -2.16. The van der Waals surface area contributed by atoms with Gasteiger partial charge in [0.1, 0.15) is 8.07 Å². The molecule has 0 amide bonds. The Bertz CT molecular complexity index is 896. The first-order chi connectivity index (χ1) is 12.6. The van der Waals surface area contributed by atoms with Crippen LogP contribution < -0.4 is 10.4 Å². The van der Waals surface area contributed by atoms with Crippen LogP contribution in [-0.2, 0) is 0 Å². The van der Waals surface area contributed by atoms with Gasteiger partial charge in [-0.1, -0.05) is 108 Å². The smallest absolute Gasteiger partial charge is 0.0733 e. The third-order valence-electron chi connectivity index (χ3n) is 7.03. The molecule has 0 saturated heterocycles. The minimum absolute atomic E-state index is 0.0803. The van der Waals surface area contributed by atoms with Gasteiger partial charge in [-0.15, -0.1) is 0 Å². The molecule has 1 aliphatic rings. The molecule has 0 radical (unpaired) electrons. The van der Waals surface area contributed by atoms with Crippen LogP contribution in [0, 0.1) is 13.8 Å². The van der Waals surface area contributed by atoms with Gasteiger partial charge in [0.2, 0.25) is 0 Å². The zero-order chi connectivity index (χ0) is 20.0. The summed E-state index contributed by atoms with van der Waals surface area (Å²) in [6.45, 7) is 18.9. The van der Waals surface area contributed by atoms with Crippen LogP contribution in [0.3, 0.4) is 0 Å². The van der Waals surface area contributed by atoms with Gasteiger partial charge in [-0.05, 0) is 45.7 Å². The maximum Gasteiger partial charge on any atom is 0.133 e. The van der Waals surface area contributed by atoms with E-state index in [1.54, 1.807) is 15.9 Å². The lowest BCUT2D eigenvalue weighted by Crippen LogP contribution is -2.67. The molecule has 1 aliphatic carbocycles. The largest absolute Gasteiger partial charge is 0.133 e. The number of allylic oxidation sites excluding steroid dienone is 4. The predicted octanol–water partition coefficient (Wildman–Crippen LogP) is 6.33. The standard InChI is InChI=1S/C26H34Si/c1-18(2)27(24-12-10-9-11-13-24,25-15-19(3)14-20(4)16-25)26(8)17-21(5)22(6)23(26)7/h9-18H,1-8H3. The van der Waals surface area contributed by atoms with Gasteiger partial charge < -0.3 is 0 Å². The van der Waals surface area contributed by atoms with E-state index in [1.165, 1.54) is 22.3 Å². The van der Waals surface area contributed by atoms with Gasteiger partial charge in [0.05, 0.1) is 0 Å². The third-order valence-corrected chi connectivity index (χ3v) is 13.4. The fraction of sp³-hybridized carbons (Fsp3) is 0.385. The van der Waals surface area contributed by atoms with Gasteiger partial charge in [-0.3, -0.25) is 0 Å². The van der Waals surface area contributed by atoms with E-state index in [9.17, 15) is 0 Å². The number of hydrogen-bond donors (Lipinski definition) is 0. The zero-order valence-electron chi connectivity index (χ0n) is 18.3. The van der Waals surface area contributed by atoms with Gasteiger partial charge in [-0.25, -0.2) is 0 Å². The fourth-order valence-electron chi connectivity index (χ4n) is 5.68. The average Bonchev–Trinajstić information content (AvgIpc) is 2.79. The second-order valence-corrected chi connectivity index (χ2v) is 13.9. The summed E-state index contributed by atoms with van der Waals surface area (Å²) in [7, 11) is -2.16. The molecule has 0 nitrogen and oxygen atoms in total. The van der Waals surface area contributed by atoms with E-state index in [4.69, 9.17) is 0 Å². The van der Waals surface area contributed by atoms with Crippen molar-refractivity contribution in [1.82, 2.24) is 0 Å². The SMILES string of the molecule is CC1=CC(C)([Si](c2ccccc2)(c2cc(C)cc(C)c2)C(C)C)C(C)=C1C. The van der Waals surface area contributed by atoms with E-state index in [0.717, 1.165) is 0 Å². The molecule has 2 atom stereocenters. The molecule has 2 aromatic carbocycles. The van der Waals surface area contributed by atoms with Crippen molar-refractivity contribution in [2.24, 2.45) is 0 Å². The van der Waals surface area contributed by atoms with Crippen molar-refractivity contribution in [1.29, 1.82) is 0 Å². The van der Waals surface area contributed by atoms with Crippen molar-refractivity contribution >= 4 is 18.4 Å². The number of rotatable bonds is 4. The van der Waals surface area contributed by atoms with Crippen LogP contribution in [-0.4, -0.2) is 8.07 Å². The summed E-state index contributed by atoms with van der Waals surface area (Å²) in [5.41, 5.74) is 7.82. The molecule has 2 aromatic rings. The summed E-state index contributed by atoms with van der Waals surface area (Å²) in [6, 6.07) is 18.6. The van der Waals surface area contributed by atoms with Crippen LogP contribution in [0.15, 0.2) is 71.3 Å². The second kappa shape index (κ2) is 6.94.